The highest BCUT2D eigenvalue weighted by molar-refractivity contribution is 14.0. The summed E-state index contributed by atoms with van der Waals surface area (Å²) in [5.41, 5.74) is 0.0465. The van der Waals surface area contributed by atoms with Gasteiger partial charge in [0, 0.05) is 42.4 Å². The molecule has 1 fully saturated rings. The quantitative estimate of drug-likeness (QED) is 0.192. The first-order valence-corrected chi connectivity index (χ1v) is 10.1. The molecule has 0 bridgehead atoms. The highest BCUT2D eigenvalue weighted by atomic mass is 127. The number of aliphatic imine (C=N–C) groups is 1. The van der Waals surface area contributed by atoms with E-state index >= 15 is 0 Å². The number of guanidine groups is 1. The second-order valence-corrected chi connectivity index (χ2v) is 7.86. The minimum absolute atomic E-state index is 0. The maximum absolute atomic E-state index is 5.46. The summed E-state index contributed by atoms with van der Waals surface area (Å²) < 4.78 is 5.46. The monoisotopic (exact) mass is 492 g/mol. The molecular weight excluding hydrogens is 459 g/mol. The van der Waals surface area contributed by atoms with Gasteiger partial charge in [-0.3, -0.25) is 9.89 Å². The molecule has 1 aliphatic heterocycles. The first-order valence-electron chi connectivity index (χ1n) is 9.14. The lowest BCUT2D eigenvalue weighted by atomic mass is 10.0. The van der Waals surface area contributed by atoms with Gasteiger partial charge in [-0.05, 0) is 32.9 Å². The number of benzene rings is 1. The zero-order valence-electron chi connectivity index (χ0n) is 16.2. The first-order chi connectivity index (χ1) is 12.1. The highest BCUT2D eigenvalue weighted by Crippen LogP contribution is 2.17. The fourth-order valence-corrected chi connectivity index (χ4v) is 3.53. The van der Waals surface area contributed by atoms with Crippen LogP contribution in [0.5, 0.6) is 0 Å². The molecule has 0 aromatic heterocycles. The topological polar surface area (TPSA) is 48.9 Å². The van der Waals surface area contributed by atoms with E-state index in [0.29, 0.717) is 0 Å². The lowest BCUT2D eigenvalue weighted by molar-refractivity contribution is -0.00683. The average molecular weight is 492 g/mol. The van der Waals surface area contributed by atoms with Crippen molar-refractivity contribution in [3.05, 3.63) is 30.3 Å². The van der Waals surface area contributed by atoms with E-state index in [2.05, 4.69) is 66.6 Å². The van der Waals surface area contributed by atoms with Crippen LogP contribution < -0.4 is 10.6 Å². The smallest absolute Gasteiger partial charge is 0.191 e. The van der Waals surface area contributed by atoms with Crippen molar-refractivity contribution in [2.24, 2.45) is 4.99 Å². The molecule has 0 atom stereocenters. The van der Waals surface area contributed by atoms with Crippen LogP contribution in [0.4, 0.5) is 0 Å². The predicted molar refractivity (Wildman–Crippen MR) is 123 cm³/mol. The van der Waals surface area contributed by atoms with Gasteiger partial charge in [-0.1, -0.05) is 18.2 Å². The Labute approximate surface area is 179 Å². The maximum atomic E-state index is 5.46. The number of nitrogens with one attached hydrogen (secondary N) is 2. The molecule has 1 aromatic rings. The molecule has 0 spiro atoms. The Hall–Kier alpha value is -0.510. The number of morpholine rings is 1. The van der Waals surface area contributed by atoms with Gasteiger partial charge in [-0.25, -0.2) is 0 Å². The van der Waals surface area contributed by atoms with E-state index < -0.39 is 0 Å². The third kappa shape index (κ3) is 8.45. The van der Waals surface area contributed by atoms with Crippen molar-refractivity contribution < 1.29 is 4.74 Å². The van der Waals surface area contributed by atoms with Crippen LogP contribution in [0.2, 0.25) is 0 Å². The van der Waals surface area contributed by atoms with Crippen molar-refractivity contribution in [3.8, 4) is 0 Å². The van der Waals surface area contributed by atoms with Crippen LogP contribution >= 0.6 is 35.7 Å². The Morgan fingerprint density at radius 3 is 2.54 bits per heavy atom. The molecule has 7 heteroatoms. The molecule has 0 amide bonds. The van der Waals surface area contributed by atoms with Crippen LogP contribution in [0.3, 0.4) is 0 Å². The third-order valence-electron chi connectivity index (χ3n) is 4.24. The largest absolute Gasteiger partial charge is 0.379 e. The highest BCUT2D eigenvalue weighted by Gasteiger charge is 2.27. The van der Waals surface area contributed by atoms with Crippen molar-refractivity contribution in [1.82, 2.24) is 15.5 Å². The summed E-state index contributed by atoms with van der Waals surface area (Å²) in [7, 11) is 0. The molecule has 2 rings (SSSR count). The van der Waals surface area contributed by atoms with Crippen molar-refractivity contribution >= 4 is 41.7 Å². The molecule has 5 nitrogen and oxygen atoms in total. The van der Waals surface area contributed by atoms with Gasteiger partial charge in [0.1, 0.15) is 0 Å². The summed E-state index contributed by atoms with van der Waals surface area (Å²) in [6.07, 6.45) is 0. The van der Waals surface area contributed by atoms with Crippen LogP contribution in [-0.4, -0.2) is 68.1 Å². The van der Waals surface area contributed by atoms with Crippen molar-refractivity contribution in [2.75, 3.05) is 51.7 Å². The van der Waals surface area contributed by atoms with E-state index in [-0.39, 0.29) is 29.5 Å². The van der Waals surface area contributed by atoms with E-state index in [1.54, 1.807) is 0 Å². The minimum Gasteiger partial charge on any atom is -0.379 e. The van der Waals surface area contributed by atoms with E-state index in [0.717, 1.165) is 57.6 Å². The number of hydrogen-bond donors (Lipinski definition) is 2. The van der Waals surface area contributed by atoms with E-state index in [1.165, 1.54) is 4.90 Å². The van der Waals surface area contributed by atoms with E-state index in [4.69, 9.17) is 9.73 Å². The Bertz CT molecular complexity index is 522. The van der Waals surface area contributed by atoms with Crippen LogP contribution in [0.15, 0.2) is 40.2 Å². The predicted octanol–water partition coefficient (Wildman–Crippen LogP) is 3.06. The second-order valence-electron chi connectivity index (χ2n) is 6.70. The van der Waals surface area contributed by atoms with Gasteiger partial charge in [0.25, 0.3) is 0 Å². The fourth-order valence-electron chi connectivity index (χ4n) is 2.74. The Morgan fingerprint density at radius 1 is 1.19 bits per heavy atom. The van der Waals surface area contributed by atoms with Gasteiger partial charge in [-0.2, -0.15) is 0 Å². The molecule has 0 unspecified atom stereocenters. The number of ether oxygens (including phenoxy) is 1. The summed E-state index contributed by atoms with van der Waals surface area (Å²) in [5.74, 6) is 1.92. The molecule has 1 heterocycles. The summed E-state index contributed by atoms with van der Waals surface area (Å²) in [6, 6.07) is 10.5. The minimum atomic E-state index is 0. The van der Waals surface area contributed by atoms with Gasteiger partial charge in [0.2, 0.25) is 0 Å². The van der Waals surface area contributed by atoms with Crippen LogP contribution in [-0.2, 0) is 4.74 Å². The molecule has 0 radical (unpaired) electrons. The standard InChI is InChI=1S/C19H32N4OS.HI/c1-4-20-18(21-10-15-25-17-8-6-5-7-9-17)22-16-19(2,3)23-11-13-24-14-12-23;/h5-9H,4,10-16H2,1-3H3,(H2,20,21,22);1H. The number of halogens is 1. The Kier molecular flexibility index (Phi) is 11.6. The zero-order valence-corrected chi connectivity index (χ0v) is 19.3. The number of hydrogen-bond acceptors (Lipinski definition) is 4. The van der Waals surface area contributed by atoms with Gasteiger partial charge < -0.3 is 15.4 Å². The lowest BCUT2D eigenvalue weighted by Gasteiger charge is -2.39. The van der Waals surface area contributed by atoms with Gasteiger partial charge >= 0.3 is 0 Å². The van der Waals surface area contributed by atoms with Crippen molar-refractivity contribution in [3.63, 3.8) is 0 Å². The molecule has 0 saturated carbocycles. The van der Waals surface area contributed by atoms with E-state index in [1.807, 2.05) is 11.8 Å². The van der Waals surface area contributed by atoms with Gasteiger partial charge in [-0.15, -0.1) is 35.7 Å². The average Bonchev–Trinajstić information content (AvgIpc) is 2.65. The zero-order chi connectivity index (χ0) is 18.0. The van der Waals surface area contributed by atoms with Gasteiger partial charge in [0.05, 0.1) is 19.8 Å². The third-order valence-corrected chi connectivity index (χ3v) is 5.26. The van der Waals surface area contributed by atoms with Crippen molar-refractivity contribution in [2.45, 2.75) is 31.2 Å². The SMILES string of the molecule is CCNC(=NCC(C)(C)N1CCOCC1)NCCSc1ccccc1.I. The summed E-state index contributed by atoms with van der Waals surface area (Å²) in [5, 5.41) is 6.78. The molecule has 1 aliphatic rings. The lowest BCUT2D eigenvalue weighted by Crippen LogP contribution is -2.52. The summed E-state index contributed by atoms with van der Waals surface area (Å²) in [6.45, 7) is 12.8. The first kappa shape index (κ1) is 23.5. The normalized spacial score (nSPS) is 16.0. The Morgan fingerprint density at radius 2 is 1.88 bits per heavy atom. The molecule has 1 saturated heterocycles. The van der Waals surface area contributed by atoms with Gasteiger partial charge in [0.15, 0.2) is 5.96 Å². The van der Waals surface area contributed by atoms with Crippen LogP contribution in [0, 0.1) is 0 Å². The molecule has 0 aliphatic carbocycles. The fraction of sp³-hybridized carbons (Fsp3) is 0.632. The van der Waals surface area contributed by atoms with Crippen molar-refractivity contribution in [1.29, 1.82) is 0 Å². The summed E-state index contributed by atoms with van der Waals surface area (Å²) in [4.78, 5) is 8.58. The number of rotatable bonds is 8. The number of thioether (sulfide) groups is 1. The molecular formula is C19H33IN4OS. The maximum Gasteiger partial charge on any atom is 0.191 e. The van der Waals surface area contributed by atoms with Crippen LogP contribution in [0.25, 0.3) is 0 Å². The second kappa shape index (κ2) is 12.8. The molecule has 26 heavy (non-hydrogen) atoms. The molecule has 2 N–H and O–H groups in total. The van der Waals surface area contributed by atoms with Crippen LogP contribution in [0.1, 0.15) is 20.8 Å². The van der Waals surface area contributed by atoms with E-state index in [9.17, 15) is 0 Å². The number of nitrogens with zero attached hydrogens (tertiary/aromatic N) is 2. The Balaban J connectivity index is 0.00000338. The summed E-state index contributed by atoms with van der Waals surface area (Å²) >= 11 is 1.86. The molecule has 1 aromatic carbocycles. The molecule has 148 valence electrons.